The zero-order chi connectivity index (χ0) is 18.8. The summed E-state index contributed by atoms with van der Waals surface area (Å²) in [6.07, 6.45) is 0. The molecule has 0 unspecified atom stereocenters. The number of nitrogens with one attached hydrogen (secondary N) is 1. The predicted molar refractivity (Wildman–Crippen MR) is 103 cm³/mol. The van der Waals surface area contributed by atoms with E-state index in [0.29, 0.717) is 23.0 Å². The summed E-state index contributed by atoms with van der Waals surface area (Å²) in [6.45, 7) is 4.20. The molecule has 0 aliphatic carbocycles. The first-order valence-corrected chi connectivity index (χ1v) is 8.66. The Morgan fingerprint density at radius 3 is 2.46 bits per heavy atom. The highest BCUT2D eigenvalue weighted by Crippen LogP contribution is 2.31. The number of aromatic nitrogens is 2. The van der Waals surface area contributed by atoms with Crippen LogP contribution in [-0.4, -0.2) is 22.2 Å². The van der Waals surface area contributed by atoms with Gasteiger partial charge >= 0.3 is 5.69 Å². The molecule has 3 rings (SSSR count). The number of fused-ring (bicyclic) bond motifs is 1. The Kier molecular flexibility index (Phi) is 5.04. The number of ether oxygens (including phenoxy) is 1. The van der Waals surface area contributed by atoms with E-state index in [1.165, 1.54) is 11.7 Å². The van der Waals surface area contributed by atoms with Crippen LogP contribution in [0.5, 0.6) is 5.75 Å². The van der Waals surface area contributed by atoms with Gasteiger partial charge in [-0.3, -0.25) is 13.9 Å². The van der Waals surface area contributed by atoms with Gasteiger partial charge in [-0.2, -0.15) is 0 Å². The van der Waals surface area contributed by atoms with Crippen molar-refractivity contribution in [3.63, 3.8) is 0 Å². The van der Waals surface area contributed by atoms with Crippen LogP contribution in [0.4, 0.5) is 5.69 Å². The Labute approximate surface area is 155 Å². The molecule has 0 bridgehead atoms. The van der Waals surface area contributed by atoms with Gasteiger partial charge in [0, 0.05) is 17.6 Å². The van der Waals surface area contributed by atoms with E-state index >= 15 is 0 Å². The summed E-state index contributed by atoms with van der Waals surface area (Å²) in [4.78, 5) is 25.2. The smallest absolute Gasteiger partial charge is 0.329 e. The van der Waals surface area contributed by atoms with E-state index in [0.717, 1.165) is 16.6 Å². The minimum atomic E-state index is -0.314. The van der Waals surface area contributed by atoms with Crippen LogP contribution in [-0.2, 0) is 17.9 Å². The number of para-hydroxylation sites is 2. The van der Waals surface area contributed by atoms with Crippen LogP contribution in [0.3, 0.4) is 0 Å². The number of nitrogens with zero attached hydrogens (tertiary/aromatic N) is 2. The van der Waals surface area contributed by atoms with Gasteiger partial charge in [0.05, 0.1) is 23.8 Å². The Balaban J connectivity index is 1.93. The lowest BCUT2D eigenvalue weighted by Crippen LogP contribution is -2.29. The number of carbonyl (C=O) groups excluding carboxylic acids is 1. The van der Waals surface area contributed by atoms with Gasteiger partial charge in [0.2, 0.25) is 5.91 Å². The second-order valence-corrected chi connectivity index (χ2v) is 6.36. The minimum absolute atomic E-state index is 0.0861. The SMILES string of the molecule is CCn1c(=O)n(CC(=O)Nc2cc(C)c(Cl)cc2OC)c2ccccc21. The van der Waals surface area contributed by atoms with Crippen molar-refractivity contribution in [1.82, 2.24) is 9.13 Å². The van der Waals surface area contributed by atoms with Crippen molar-refractivity contribution < 1.29 is 9.53 Å². The van der Waals surface area contributed by atoms with Gasteiger partial charge in [0.25, 0.3) is 0 Å². The molecular formula is C19H20ClN3O3. The van der Waals surface area contributed by atoms with Crippen molar-refractivity contribution in [2.45, 2.75) is 26.9 Å². The normalized spacial score (nSPS) is 10.9. The summed E-state index contributed by atoms with van der Waals surface area (Å²) >= 11 is 6.09. The van der Waals surface area contributed by atoms with Crippen LogP contribution >= 0.6 is 11.6 Å². The molecule has 0 saturated heterocycles. The van der Waals surface area contributed by atoms with E-state index < -0.39 is 0 Å². The molecule has 0 aliphatic heterocycles. The van der Waals surface area contributed by atoms with Crippen molar-refractivity contribution in [2.24, 2.45) is 0 Å². The fourth-order valence-electron chi connectivity index (χ4n) is 2.99. The third-order valence-corrected chi connectivity index (χ3v) is 4.71. The van der Waals surface area contributed by atoms with E-state index in [-0.39, 0.29) is 18.1 Å². The van der Waals surface area contributed by atoms with Gasteiger partial charge in [0.15, 0.2) is 0 Å². The summed E-state index contributed by atoms with van der Waals surface area (Å²) in [5.41, 5.74) is 2.68. The van der Waals surface area contributed by atoms with Gasteiger partial charge in [-0.1, -0.05) is 23.7 Å². The monoisotopic (exact) mass is 373 g/mol. The third-order valence-electron chi connectivity index (χ3n) is 4.30. The van der Waals surface area contributed by atoms with Crippen molar-refractivity contribution in [1.29, 1.82) is 0 Å². The maximum absolute atomic E-state index is 12.6. The number of benzene rings is 2. The first-order valence-electron chi connectivity index (χ1n) is 8.28. The Morgan fingerprint density at radius 1 is 1.19 bits per heavy atom. The molecule has 0 spiro atoms. The second-order valence-electron chi connectivity index (χ2n) is 5.95. The average Bonchev–Trinajstić information content (AvgIpc) is 2.89. The standard InChI is InChI=1S/C19H20ClN3O3/c1-4-22-15-7-5-6-8-16(15)23(19(22)25)11-18(24)21-14-9-12(2)13(20)10-17(14)26-3/h5-10H,4,11H2,1-3H3,(H,21,24). The number of halogens is 1. The molecule has 7 heteroatoms. The van der Waals surface area contributed by atoms with Crippen molar-refractivity contribution in [3.05, 3.63) is 57.5 Å². The molecule has 1 amide bonds. The summed E-state index contributed by atoms with van der Waals surface area (Å²) in [5, 5.41) is 3.36. The van der Waals surface area contributed by atoms with Crippen LogP contribution in [0.2, 0.25) is 5.02 Å². The first kappa shape index (κ1) is 18.1. The van der Waals surface area contributed by atoms with Crippen LogP contribution in [0.1, 0.15) is 12.5 Å². The molecule has 1 N–H and O–H groups in total. The molecule has 0 aliphatic rings. The molecular weight excluding hydrogens is 354 g/mol. The molecule has 0 radical (unpaired) electrons. The zero-order valence-electron chi connectivity index (χ0n) is 14.9. The molecule has 2 aromatic carbocycles. The van der Waals surface area contributed by atoms with E-state index in [9.17, 15) is 9.59 Å². The molecule has 1 heterocycles. The summed E-state index contributed by atoms with van der Waals surface area (Å²) < 4.78 is 8.40. The fraction of sp³-hybridized carbons (Fsp3) is 0.263. The average molecular weight is 374 g/mol. The number of methoxy groups -OCH3 is 1. The summed E-state index contributed by atoms with van der Waals surface area (Å²) in [5.74, 6) is 0.156. The number of carbonyl (C=O) groups is 1. The molecule has 0 atom stereocenters. The van der Waals surface area contributed by atoms with Gasteiger partial charge in [0.1, 0.15) is 12.3 Å². The van der Waals surface area contributed by atoms with Crippen LogP contribution < -0.4 is 15.7 Å². The highest BCUT2D eigenvalue weighted by molar-refractivity contribution is 6.31. The van der Waals surface area contributed by atoms with E-state index in [4.69, 9.17) is 16.3 Å². The number of aryl methyl sites for hydroxylation is 2. The number of rotatable bonds is 5. The maximum Gasteiger partial charge on any atom is 0.329 e. The van der Waals surface area contributed by atoms with Crippen LogP contribution in [0.25, 0.3) is 11.0 Å². The molecule has 1 aromatic heterocycles. The summed E-state index contributed by atoms with van der Waals surface area (Å²) in [6, 6.07) is 10.8. The molecule has 6 nitrogen and oxygen atoms in total. The topological polar surface area (TPSA) is 65.3 Å². The lowest BCUT2D eigenvalue weighted by Gasteiger charge is -2.12. The molecule has 0 saturated carbocycles. The molecule has 26 heavy (non-hydrogen) atoms. The fourth-order valence-corrected chi connectivity index (χ4v) is 3.15. The number of hydrogen-bond donors (Lipinski definition) is 1. The zero-order valence-corrected chi connectivity index (χ0v) is 15.6. The van der Waals surface area contributed by atoms with Gasteiger partial charge < -0.3 is 10.1 Å². The summed E-state index contributed by atoms with van der Waals surface area (Å²) in [7, 11) is 1.51. The number of anilines is 1. The minimum Gasteiger partial charge on any atom is -0.495 e. The van der Waals surface area contributed by atoms with Crippen molar-refractivity contribution >= 4 is 34.2 Å². The Bertz CT molecular complexity index is 1040. The van der Waals surface area contributed by atoms with Gasteiger partial charge in [-0.05, 0) is 37.6 Å². The first-order chi connectivity index (χ1) is 12.5. The van der Waals surface area contributed by atoms with Gasteiger partial charge in [-0.25, -0.2) is 4.79 Å². The third kappa shape index (κ3) is 3.20. The van der Waals surface area contributed by atoms with Crippen molar-refractivity contribution in [3.8, 4) is 5.75 Å². The lowest BCUT2D eigenvalue weighted by molar-refractivity contribution is -0.116. The van der Waals surface area contributed by atoms with Crippen LogP contribution in [0, 0.1) is 6.92 Å². The number of amides is 1. The number of hydrogen-bond acceptors (Lipinski definition) is 3. The van der Waals surface area contributed by atoms with Gasteiger partial charge in [-0.15, -0.1) is 0 Å². The highest BCUT2D eigenvalue weighted by Gasteiger charge is 2.16. The van der Waals surface area contributed by atoms with E-state index in [2.05, 4.69) is 5.32 Å². The largest absolute Gasteiger partial charge is 0.495 e. The Hall–Kier alpha value is -2.73. The number of imidazole rings is 1. The van der Waals surface area contributed by atoms with E-state index in [1.807, 2.05) is 38.1 Å². The molecule has 0 fully saturated rings. The molecule has 136 valence electrons. The van der Waals surface area contributed by atoms with Crippen molar-refractivity contribution in [2.75, 3.05) is 12.4 Å². The highest BCUT2D eigenvalue weighted by atomic mass is 35.5. The Morgan fingerprint density at radius 2 is 1.85 bits per heavy atom. The second kappa shape index (κ2) is 7.25. The van der Waals surface area contributed by atoms with E-state index in [1.54, 1.807) is 16.7 Å². The molecule has 3 aromatic rings. The van der Waals surface area contributed by atoms with Crippen LogP contribution in [0.15, 0.2) is 41.2 Å². The maximum atomic E-state index is 12.6. The predicted octanol–water partition coefficient (Wildman–Crippen LogP) is 3.43. The quantitative estimate of drug-likeness (QED) is 0.745. The lowest BCUT2D eigenvalue weighted by atomic mass is 10.2.